The van der Waals surface area contributed by atoms with Crippen molar-refractivity contribution in [2.45, 2.75) is 139 Å². The second-order valence-electron chi connectivity index (χ2n) is 20.0. The minimum Gasteiger partial charge on any atom is -0.321 e. The number of alkyl halides is 1. The lowest BCUT2D eigenvalue weighted by Crippen LogP contribution is -2.53. The van der Waals surface area contributed by atoms with Gasteiger partial charge in [0.1, 0.15) is 6.04 Å². The van der Waals surface area contributed by atoms with Gasteiger partial charge in [-0.2, -0.15) is 10.2 Å². The van der Waals surface area contributed by atoms with Crippen molar-refractivity contribution >= 4 is 84.3 Å². The number of carbonyl (C=O) groups excluding carboxylic acids is 6. The van der Waals surface area contributed by atoms with Gasteiger partial charge >= 0.3 is 0 Å². The molecule has 6 heterocycles. The number of halogens is 1. The molecule has 69 heavy (non-hydrogen) atoms. The van der Waals surface area contributed by atoms with Crippen LogP contribution in [0.25, 0.3) is 21.5 Å². The maximum absolute atomic E-state index is 13.3. The predicted octanol–water partition coefficient (Wildman–Crippen LogP) is 9.13. The van der Waals surface area contributed by atoms with E-state index in [-0.39, 0.29) is 51.9 Å². The number of carbonyl (C=O) groups is 6. The third kappa shape index (κ3) is 9.01. The lowest BCUT2D eigenvalue weighted by atomic mass is 9.83. The molecule has 4 fully saturated rings. The quantitative estimate of drug-likeness (QED) is 0.105. The molecule has 4 aliphatic heterocycles. The van der Waals surface area contributed by atoms with E-state index in [0.29, 0.717) is 24.8 Å². The Balaban J connectivity index is 0.000000139. The highest BCUT2D eigenvalue weighted by Crippen LogP contribution is 2.42. The van der Waals surface area contributed by atoms with Crippen molar-refractivity contribution in [3.63, 3.8) is 0 Å². The van der Waals surface area contributed by atoms with E-state index in [4.69, 9.17) is 10.2 Å². The molecule has 3 N–H and O–H groups in total. The van der Waals surface area contributed by atoms with Crippen LogP contribution in [0.1, 0.15) is 147 Å². The van der Waals surface area contributed by atoms with Gasteiger partial charge in [0.15, 0.2) is 0 Å². The summed E-state index contributed by atoms with van der Waals surface area (Å²) < 4.78 is 4.34. The van der Waals surface area contributed by atoms with E-state index < -0.39 is 11.9 Å². The van der Waals surface area contributed by atoms with Crippen LogP contribution < -0.4 is 20.9 Å². The SMILES string of the molecule is CC1(n2cc(Cc3ccc4c5c(cccc35)C(=O)N4)cn2)CCCCC1.CC1(n2cc(Cc3ccc4c5c(cccc35)C(=O)N4C3CCC(=O)NC3=O)cn2)CCCCC1.O=C1CCC(Br)C(=O)N1. The summed E-state index contributed by atoms with van der Waals surface area (Å²) in [5, 5.41) is 21.1. The van der Waals surface area contributed by atoms with Gasteiger partial charge in [0, 0.05) is 65.7 Å². The van der Waals surface area contributed by atoms with Gasteiger partial charge in [-0.25, -0.2) is 0 Å². The first kappa shape index (κ1) is 46.3. The number of nitrogens with zero attached hydrogens (tertiary/aromatic N) is 5. The van der Waals surface area contributed by atoms with Gasteiger partial charge in [0.05, 0.1) is 34.0 Å². The number of piperidine rings is 2. The van der Waals surface area contributed by atoms with Crippen molar-refractivity contribution in [3.05, 3.63) is 119 Å². The summed E-state index contributed by atoms with van der Waals surface area (Å²) in [7, 11) is 0. The first-order valence-corrected chi connectivity index (χ1v) is 25.3. The van der Waals surface area contributed by atoms with Crippen molar-refractivity contribution in [3.8, 4) is 0 Å². The van der Waals surface area contributed by atoms with Crippen LogP contribution in [0.4, 0.5) is 11.4 Å². The largest absolute Gasteiger partial charge is 0.321 e. The van der Waals surface area contributed by atoms with Crippen LogP contribution in [-0.2, 0) is 43.1 Å². The number of imide groups is 2. The second-order valence-corrected chi connectivity index (χ2v) is 21.1. The number of nitrogens with one attached hydrogen (secondary N) is 3. The molecule has 15 heteroatoms. The number of aromatic nitrogens is 4. The van der Waals surface area contributed by atoms with Crippen molar-refractivity contribution in [2.24, 2.45) is 0 Å². The van der Waals surface area contributed by atoms with Crippen LogP contribution in [0, 0.1) is 0 Å². The van der Waals surface area contributed by atoms with E-state index >= 15 is 0 Å². The monoisotopic (exact) mass is 992 g/mol. The fraction of sp³-hybridized carbons (Fsp3) is 0.407. The molecule has 0 radical (unpaired) electrons. The smallest absolute Gasteiger partial charge is 0.259 e. The molecule has 6 amide bonds. The van der Waals surface area contributed by atoms with E-state index in [1.807, 2.05) is 54.9 Å². The average molecular weight is 994 g/mol. The van der Waals surface area contributed by atoms with Gasteiger partial charge < -0.3 is 5.32 Å². The molecule has 2 aliphatic carbocycles. The van der Waals surface area contributed by atoms with Crippen LogP contribution >= 0.6 is 15.9 Å². The zero-order valence-electron chi connectivity index (χ0n) is 39.1. The van der Waals surface area contributed by atoms with Gasteiger partial charge in [-0.05, 0) is 110 Å². The topological polar surface area (TPSA) is 177 Å². The van der Waals surface area contributed by atoms with Gasteiger partial charge in [-0.1, -0.05) is 90.9 Å². The van der Waals surface area contributed by atoms with E-state index in [0.717, 1.165) is 75.3 Å². The lowest BCUT2D eigenvalue weighted by Gasteiger charge is -2.33. The van der Waals surface area contributed by atoms with Crippen molar-refractivity contribution in [1.29, 1.82) is 0 Å². The predicted molar refractivity (Wildman–Crippen MR) is 267 cm³/mol. The molecule has 2 saturated heterocycles. The summed E-state index contributed by atoms with van der Waals surface area (Å²) in [5.41, 5.74) is 8.08. The molecule has 0 spiro atoms. The highest BCUT2D eigenvalue weighted by atomic mass is 79.9. The molecule has 6 aliphatic rings. The van der Waals surface area contributed by atoms with Crippen LogP contribution in [0.2, 0.25) is 0 Å². The molecule has 6 aromatic rings. The fourth-order valence-corrected chi connectivity index (χ4v) is 11.6. The lowest BCUT2D eigenvalue weighted by molar-refractivity contribution is -0.135. The number of hydrogen-bond acceptors (Lipinski definition) is 8. The zero-order chi connectivity index (χ0) is 48.0. The molecular weight excluding hydrogens is 937 g/mol. The van der Waals surface area contributed by atoms with Crippen LogP contribution in [0.3, 0.4) is 0 Å². The van der Waals surface area contributed by atoms with E-state index in [1.54, 1.807) is 4.90 Å². The minimum absolute atomic E-state index is 0.000734. The molecule has 2 aromatic heterocycles. The second kappa shape index (κ2) is 18.8. The number of amides is 6. The summed E-state index contributed by atoms with van der Waals surface area (Å²) in [6.45, 7) is 4.64. The Morgan fingerprint density at radius 1 is 0.609 bits per heavy atom. The third-order valence-corrected chi connectivity index (χ3v) is 16.0. The number of anilines is 2. The van der Waals surface area contributed by atoms with Crippen molar-refractivity contribution in [2.75, 3.05) is 10.2 Å². The maximum atomic E-state index is 13.3. The molecule has 2 unspecified atom stereocenters. The summed E-state index contributed by atoms with van der Waals surface area (Å²) in [6.07, 6.45) is 24.0. The highest BCUT2D eigenvalue weighted by molar-refractivity contribution is 9.10. The molecular formula is C54H57BrN8O6. The molecule has 4 aromatic carbocycles. The van der Waals surface area contributed by atoms with Gasteiger partial charge in [-0.3, -0.25) is 53.7 Å². The molecule has 2 saturated carbocycles. The first-order chi connectivity index (χ1) is 33.3. The molecule has 2 atom stereocenters. The maximum Gasteiger partial charge on any atom is 0.259 e. The zero-order valence-corrected chi connectivity index (χ0v) is 40.7. The molecule has 0 bridgehead atoms. The fourth-order valence-electron chi connectivity index (χ4n) is 11.2. The van der Waals surface area contributed by atoms with Crippen molar-refractivity contribution in [1.82, 2.24) is 30.2 Å². The first-order valence-electron chi connectivity index (χ1n) is 24.4. The number of hydrogen-bond donors (Lipinski definition) is 3. The van der Waals surface area contributed by atoms with Crippen molar-refractivity contribution < 1.29 is 28.8 Å². The van der Waals surface area contributed by atoms with E-state index in [9.17, 15) is 28.8 Å². The van der Waals surface area contributed by atoms with Crippen LogP contribution in [0.15, 0.2) is 85.5 Å². The molecule has 12 rings (SSSR count). The summed E-state index contributed by atoms with van der Waals surface area (Å²) >= 11 is 3.12. The minimum atomic E-state index is -0.666. The van der Waals surface area contributed by atoms with E-state index in [1.165, 1.54) is 62.5 Å². The standard InChI is InChI=1S/C27H28N4O3.C22H23N3O.C5H6BrNO2/c1-27(12-3-2-4-13-27)30-16-17(15-28-30)14-18-8-9-21-24-19(18)6-5-7-20(24)26(34)31(21)22-10-11-23(32)29-25(22)33;1-22(10-3-2-4-11-22)25-14-15(13-23-25)12-16-8-9-19-20-17(16)6-5-7-18(20)21(26)24-19;6-3-1-2-4(8)7-5(3)9/h5-9,15-16,22H,2-4,10-14H2,1H3,(H,29,32,33);5-9,13-14H,2-4,10-12H2,1H3,(H,24,26);3H,1-2H2,(H,7,8,9). The Kier molecular flexibility index (Phi) is 12.6. The molecule has 14 nitrogen and oxygen atoms in total. The van der Waals surface area contributed by atoms with Crippen LogP contribution in [0.5, 0.6) is 0 Å². The van der Waals surface area contributed by atoms with E-state index in [2.05, 4.69) is 85.7 Å². The number of rotatable bonds is 7. The number of benzene rings is 4. The Hall–Kier alpha value is -6.48. The summed E-state index contributed by atoms with van der Waals surface area (Å²) in [6, 6.07) is 19.3. The average Bonchev–Trinajstić information content (AvgIpc) is 4.15. The van der Waals surface area contributed by atoms with Gasteiger partial charge in [0.2, 0.25) is 23.6 Å². The Morgan fingerprint density at radius 3 is 1.71 bits per heavy atom. The Morgan fingerprint density at radius 2 is 1.14 bits per heavy atom. The Labute approximate surface area is 409 Å². The Bertz CT molecular complexity index is 3050. The summed E-state index contributed by atoms with van der Waals surface area (Å²) in [4.78, 5) is 72.1. The normalized spacial score (nSPS) is 21.3. The van der Waals surface area contributed by atoms with Gasteiger partial charge in [-0.15, -0.1) is 0 Å². The van der Waals surface area contributed by atoms with Crippen LogP contribution in [-0.4, -0.2) is 65.9 Å². The van der Waals surface area contributed by atoms with Gasteiger partial charge in [0.25, 0.3) is 11.8 Å². The summed E-state index contributed by atoms with van der Waals surface area (Å²) in [5.74, 6) is -1.25. The molecule has 356 valence electrons. The highest BCUT2D eigenvalue weighted by Gasteiger charge is 2.41. The third-order valence-electron chi connectivity index (χ3n) is 15.2.